The van der Waals surface area contributed by atoms with Gasteiger partial charge in [0.15, 0.2) is 11.4 Å². The quantitative estimate of drug-likeness (QED) is 0.340. The number of nitrogens with one attached hydrogen (secondary N) is 2. The number of nitriles is 1. The van der Waals surface area contributed by atoms with Crippen LogP contribution in [0.5, 0.6) is 0 Å². The molecule has 28 heavy (non-hydrogen) atoms. The van der Waals surface area contributed by atoms with Crippen molar-refractivity contribution >= 4 is 34.4 Å². The molecule has 8 heteroatoms. The Bertz CT molecular complexity index is 759. The maximum atomic E-state index is 12.2. The smallest absolute Gasteiger partial charge is 0.410 e. The second-order valence-corrected chi connectivity index (χ2v) is 8.56. The number of amides is 1. The van der Waals surface area contributed by atoms with Gasteiger partial charge in [-0.2, -0.15) is 5.26 Å². The van der Waals surface area contributed by atoms with E-state index in [1.54, 1.807) is 4.90 Å². The van der Waals surface area contributed by atoms with E-state index in [4.69, 9.17) is 10.00 Å². The van der Waals surface area contributed by atoms with Crippen LogP contribution in [0.3, 0.4) is 0 Å². The SMILES string of the molecule is CSC(=Nc1ccc(C)cc1NC1CCN(C(=O)OC(C)(C)C)CC1)NC#N. The van der Waals surface area contributed by atoms with Gasteiger partial charge in [-0.3, -0.25) is 5.32 Å². The molecule has 7 nitrogen and oxygen atoms in total. The number of piperidine rings is 1. The molecule has 0 bridgehead atoms. The van der Waals surface area contributed by atoms with Crippen molar-refractivity contribution in [3.8, 4) is 6.19 Å². The van der Waals surface area contributed by atoms with Crippen molar-refractivity contribution in [1.82, 2.24) is 10.2 Å². The van der Waals surface area contributed by atoms with E-state index in [0.29, 0.717) is 18.3 Å². The molecule has 1 aromatic rings. The Morgan fingerprint density at radius 3 is 2.61 bits per heavy atom. The number of benzene rings is 1. The van der Waals surface area contributed by atoms with Crippen molar-refractivity contribution in [3.63, 3.8) is 0 Å². The van der Waals surface area contributed by atoms with Gasteiger partial charge in [-0.15, -0.1) is 0 Å². The van der Waals surface area contributed by atoms with Gasteiger partial charge in [0, 0.05) is 19.1 Å². The van der Waals surface area contributed by atoms with Crippen LogP contribution < -0.4 is 10.6 Å². The Morgan fingerprint density at radius 1 is 1.36 bits per heavy atom. The highest BCUT2D eigenvalue weighted by Gasteiger charge is 2.27. The molecule has 2 N–H and O–H groups in total. The molecule has 2 rings (SSSR count). The number of ether oxygens (including phenoxy) is 1. The third-order valence-corrected chi connectivity index (χ3v) is 4.82. The summed E-state index contributed by atoms with van der Waals surface area (Å²) in [5.41, 5.74) is 2.37. The minimum atomic E-state index is -0.479. The number of aliphatic imine (C=N–C) groups is 1. The average Bonchev–Trinajstić information content (AvgIpc) is 2.62. The lowest BCUT2D eigenvalue weighted by molar-refractivity contribution is 0.0210. The number of hydrogen-bond acceptors (Lipinski definition) is 6. The molecule has 0 spiro atoms. The van der Waals surface area contributed by atoms with Crippen LogP contribution in [0.25, 0.3) is 0 Å². The molecule has 0 radical (unpaired) electrons. The molecule has 0 saturated carbocycles. The molecule has 0 aliphatic carbocycles. The van der Waals surface area contributed by atoms with Gasteiger partial charge in [-0.1, -0.05) is 17.8 Å². The van der Waals surface area contributed by atoms with Gasteiger partial charge in [0.05, 0.1) is 11.4 Å². The van der Waals surface area contributed by atoms with Crippen molar-refractivity contribution < 1.29 is 9.53 Å². The molecule has 1 aliphatic heterocycles. The van der Waals surface area contributed by atoms with Crippen molar-refractivity contribution in [2.75, 3.05) is 24.7 Å². The van der Waals surface area contributed by atoms with Crippen LogP contribution in [0, 0.1) is 18.4 Å². The fourth-order valence-electron chi connectivity index (χ4n) is 2.90. The van der Waals surface area contributed by atoms with E-state index >= 15 is 0 Å². The maximum Gasteiger partial charge on any atom is 0.410 e. The van der Waals surface area contributed by atoms with Crippen LogP contribution in [-0.4, -0.2) is 47.1 Å². The molecular formula is C20H29N5O2S. The van der Waals surface area contributed by atoms with Gasteiger partial charge in [0.1, 0.15) is 5.60 Å². The highest BCUT2D eigenvalue weighted by atomic mass is 32.2. The number of nitrogens with zero attached hydrogens (tertiary/aromatic N) is 3. The summed E-state index contributed by atoms with van der Waals surface area (Å²) in [5.74, 6) is 0. The zero-order chi connectivity index (χ0) is 20.7. The molecule has 1 amide bonds. The number of hydrogen-bond donors (Lipinski definition) is 2. The van der Waals surface area contributed by atoms with E-state index < -0.39 is 5.60 Å². The third-order valence-electron chi connectivity index (χ3n) is 4.24. The topological polar surface area (TPSA) is 89.8 Å². The minimum absolute atomic E-state index is 0.246. The second kappa shape index (κ2) is 9.69. The standard InChI is InChI=1S/C20H29N5O2S/c1-14-6-7-16(24-18(28-5)22-13-21)17(12-14)23-15-8-10-25(11-9-15)19(26)27-20(2,3)4/h6-7,12,15,23H,8-11H2,1-5H3,(H,22,24). The molecule has 1 heterocycles. The predicted molar refractivity (Wildman–Crippen MR) is 115 cm³/mol. The molecule has 0 unspecified atom stereocenters. The van der Waals surface area contributed by atoms with Crippen molar-refractivity contribution in [1.29, 1.82) is 5.26 Å². The zero-order valence-electron chi connectivity index (χ0n) is 17.2. The monoisotopic (exact) mass is 403 g/mol. The number of carbonyl (C=O) groups is 1. The van der Waals surface area contributed by atoms with E-state index in [1.807, 2.05) is 52.3 Å². The molecule has 152 valence electrons. The molecular weight excluding hydrogens is 374 g/mol. The van der Waals surface area contributed by atoms with E-state index in [9.17, 15) is 4.79 Å². The molecule has 1 saturated heterocycles. The highest BCUT2D eigenvalue weighted by Crippen LogP contribution is 2.29. The lowest BCUT2D eigenvalue weighted by Gasteiger charge is -2.34. The molecule has 0 aromatic heterocycles. The average molecular weight is 404 g/mol. The first-order valence-electron chi connectivity index (χ1n) is 9.34. The Labute approximate surface area is 171 Å². The third kappa shape index (κ3) is 6.64. The molecule has 0 atom stereocenters. The van der Waals surface area contributed by atoms with E-state index in [1.165, 1.54) is 11.8 Å². The Morgan fingerprint density at radius 2 is 2.04 bits per heavy atom. The van der Waals surface area contributed by atoms with Crippen molar-refractivity contribution in [2.24, 2.45) is 4.99 Å². The fraction of sp³-hybridized carbons (Fsp3) is 0.550. The number of likely N-dealkylation sites (tertiary alicyclic amines) is 1. The molecule has 1 aromatic carbocycles. The summed E-state index contributed by atoms with van der Waals surface area (Å²) in [4.78, 5) is 18.5. The van der Waals surface area contributed by atoms with Gasteiger partial charge < -0.3 is 15.0 Å². The first-order valence-corrected chi connectivity index (χ1v) is 10.6. The number of carbonyl (C=O) groups excluding carboxylic acids is 1. The van der Waals surface area contributed by atoms with Gasteiger partial charge in [-0.05, 0) is 64.5 Å². The Balaban J connectivity index is 2.04. The number of amidine groups is 1. The largest absolute Gasteiger partial charge is 0.444 e. The van der Waals surface area contributed by atoms with Gasteiger partial charge in [-0.25, -0.2) is 9.79 Å². The van der Waals surface area contributed by atoms with E-state index in [2.05, 4.69) is 21.7 Å². The summed E-state index contributed by atoms with van der Waals surface area (Å²) in [6.07, 6.45) is 5.20. The van der Waals surface area contributed by atoms with Crippen LogP contribution in [0.4, 0.5) is 16.2 Å². The molecule has 1 fully saturated rings. The lowest BCUT2D eigenvalue weighted by Crippen LogP contribution is -2.44. The van der Waals surface area contributed by atoms with Gasteiger partial charge >= 0.3 is 6.09 Å². The Kier molecular flexibility index (Phi) is 7.58. The molecule has 1 aliphatic rings. The number of anilines is 1. The first kappa shape index (κ1) is 21.9. The van der Waals surface area contributed by atoms with Crippen LogP contribution in [0.2, 0.25) is 0 Å². The summed E-state index contributed by atoms with van der Waals surface area (Å²) < 4.78 is 5.46. The lowest BCUT2D eigenvalue weighted by atomic mass is 10.0. The fourth-order valence-corrected chi connectivity index (χ4v) is 3.23. The van der Waals surface area contributed by atoms with Crippen molar-refractivity contribution in [3.05, 3.63) is 23.8 Å². The van der Waals surface area contributed by atoms with Gasteiger partial charge in [0.2, 0.25) is 0 Å². The summed E-state index contributed by atoms with van der Waals surface area (Å²) in [5, 5.41) is 15.6. The van der Waals surface area contributed by atoms with Crippen molar-refractivity contribution in [2.45, 2.75) is 52.2 Å². The predicted octanol–water partition coefficient (Wildman–Crippen LogP) is 4.23. The number of thioether (sulfide) groups is 1. The van der Waals surface area contributed by atoms with Crippen LogP contribution in [0.15, 0.2) is 23.2 Å². The van der Waals surface area contributed by atoms with E-state index in [-0.39, 0.29) is 12.1 Å². The van der Waals surface area contributed by atoms with Crippen LogP contribution >= 0.6 is 11.8 Å². The zero-order valence-corrected chi connectivity index (χ0v) is 18.0. The first-order chi connectivity index (χ1) is 13.2. The number of aryl methyl sites for hydroxylation is 1. The summed E-state index contributed by atoms with van der Waals surface area (Å²) in [7, 11) is 0. The van der Waals surface area contributed by atoms with Gasteiger partial charge in [0.25, 0.3) is 0 Å². The van der Waals surface area contributed by atoms with Crippen LogP contribution in [-0.2, 0) is 4.74 Å². The second-order valence-electron chi connectivity index (χ2n) is 7.76. The normalized spacial score (nSPS) is 15.7. The Hall–Kier alpha value is -2.40. The van der Waals surface area contributed by atoms with Crippen LogP contribution in [0.1, 0.15) is 39.2 Å². The minimum Gasteiger partial charge on any atom is -0.444 e. The summed E-state index contributed by atoms with van der Waals surface area (Å²) in [6.45, 7) is 8.98. The van der Waals surface area contributed by atoms with E-state index in [0.717, 1.165) is 29.8 Å². The highest BCUT2D eigenvalue weighted by molar-refractivity contribution is 8.13. The summed E-state index contributed by atoms with van der Waals surface area (Å²) in [6, 6.07) is 6.25. The summed E-state index contributed by atoms with van der Waals surface area (Å²) >= 11 is 1.39. The number of rotatable bonds is 3. The maximum absolute atomic E-state index is 12.2.